The molecule has 16 heavy (non-hydrogen) atoms. The maximum absolute atomic E-state index is 11.8. The average Bonchev–Trinajstić information content (AvgIpc) is 2.72. The van der Waals surface area contributed by atoms with E-state index in [4.69, 9.17) is 9.52 Å². The number of hydrogen-bond donors (Lipinski definition) is 2. The maximum atomic E-state index is 11.8. The number of para-hydroxylation sites is 1. The summed E-state index contributed by atoms with van der Waals surface area (Å²) in [4.78, 5) is 11.8. The van der Waals surface area contributed by atoms with Gasteiger partial charge in [0.2, 0.25) is 0 Å². The van der Waals surface area contributed by atoms with Gasteiger partial charge in [-0.25, -0.2) is 0 Å². The number of carbonyl (C=O) groups is 1. The van der Waals surface area contributed by atoms with Crippen molar-refractivity contribution in [3.05, 3.63) is 36.1 Å². The van der Waals surface area contributed by atoms with Crippen LogP contribution in [0.2, 0.25) is 0 Å². The third kappa shape index (κ3) is 1.92. The molecular weight excluding hydrogens is 206 g/mol. The molecule has 0 aliphatic rings. The molecule has 1 amide bonds. The monoisotopic (exact) mass is 219 g/mol. The van der Waals surface area contributed by atoms with Crippen molar-refractivity contribution in [1.29, 1.82) is 0 Å². The molecule has 2 aromatic rings. The predicted octanol–water partition coefficient (Wildman–Crippen LogP) is 1.54. The van der Waals surface area contributed by atoms with Gasteiger partial charge in [-0.1, -0.05) is 18.2 Å². The number of fused-ring (bicyclic) bond motifs is 1. The number of benzene rings is 1. The lowest BCUT2D eigenvalue weighted by molar-refractivity contribution is 0.0923. The summed E-state index contributed by atoms with van der Waals surface area (Å²) in [7, 11) is 0. The molecule has 1 heterocycles. The van der Waals surface area contributed by atoms with Crippen molar-refractivity contribution in [2.24, 2.45) is 0 Å². The molecule has 1 aromatic carbocycles. The molecule has 2 N–H and O–H groups in total. The van der Waals surface area contributed by atoms with Crippen molar-refractivity contribution in [3.8, 4) is 0 Å². The van der Waals surface area contributed by atoms with Gasteiger partial charge < -0.3 is 14.8 Å². The van der Waals surface area contributed by atoms with E-state index in [9.17, 15) is 4.79 Å². The van der Waals surface area contributed by atoms with Crippen molar-refractivity contribution in [1.82, 2.24) is 5.32 Å². The topological polar surface area (TPSA) is 62.5 Å². The lowest BCUT2D eigenvalue weighted by Gasteiger charge is -2.09. The third-order valence-electron chi connectivity index (χ3n) is 2.38. The van der Waals surface area contributed by atoms with Crippen LogP contribution >= 0.6 is 0 Å². The Hall–Kier alpha value is -1.81. The van der Waals surface area contributed by atoms with Crippen LogP contribution in [0.1, 0.15) is 17.3 Å². The minimum absolute atomic E-state index is 0.0818. The zero-order valence-electron chi connectivity index (χ0n) is 8.93. The van der Waals surface area contributed by atoms with Crippen LogP contribution in [-0.4, -0.2) is 23.7 Å². The zero-order valence-corrected chi connectivity index (χ0v) is 8.93. The average molecular weight is 219 g/mol. The minimum atomic E-state index is -0.263. The summed E-state index contributed by atoms with van der Waals surface area (Å²) in [6, 6.07) is 7.08. The van der Waals surface area contributed by atoms with Gasteiger partial charge in [0.05, 0.1) is 12.2 Å². The Morgan fingerprint density at radius 2 is 2.25 bits per heavy atom. The molecule has 1 unspecified atom stereocenters. The Balaban J connectivity index is 2.30. The van der Waals surface area contributed by atoms with Gasteiger partial charge in [-0.3, -0.25) is 4.79 Å². The van der Waals surface area contributed by atoms with Crippen LogP contribution in [-0.2, 0) is 0 Å². The number of rotatable bonds is 3. The molecule has 0 saturated heterocycles. The largest absolute Gasteiger partial charge is 0.463 e. The fourth-order valence-corrected chi connectivity index (χ4v) is 1.50. The van der Waals surface area contributed by atoms with E-state index in [-0.39, 0.29) is 18.6 Å². The van der Waals surface area contributed by atoms with Gasteiger partial charge >= 0.3 is 0 Å². The number of aliphatic hydroxyl groups is 1. The smallest absolute Gasteiger partial charge is 0.255 e. The molecule has 0 saturated carbocycles. The highest BCUT2D eigenvalue weighted by Crippen LogP contribution is 2.20. The van der Waals surface area contributed by atoms with Gasteiger partial charge in [0, 0.05) is 11.4 Å². The highest BCUT2D eigenvalue weighted by Gasteiger charge is 2.14. The molecule has 0 aliphatic heterocycles. The Morgan fingerprint density at radius 1 is 1.50 bits per heavy atom. The quantitative estimate of drug-likeness (QED) is 0.823. The normalized spacial score (nSPS) is 12.6. The van der Waals surface area contributed by atoms with Gasteiger partial charge in [-0.15, -0.1) is 0 Å². The van der Waals surface area contributed by atoms with E-state index >= 15 is 0 Å². The molecule has 0 aliphatic carbocycles. The van der Waals surface area contributed by atoms with E-state index in [2.05, 4.69) is 5.32 Å². The molecule has 0 fully saturated rings. The van der Waals surface area contributed by atoms with E-state index in [1.165, 1.54) is 6.26 Å². The molecule has 0 radical (unpaired) electrons. The first-order valence-corrected chi connectivity index (χ1v) is 5.10. The van der Waals surface area contributed by atoms with Crippen LogP contribution in [0.5, 0.6) is 0 Å². The van der Waals surface area contributed by atoms with Crippen LogP contribution in [0.25, 0.3) is 11.0 Å². The minimum Gasteiger partial charge on any atom is -0.463 e. The van der Waals surface area contributed by atoms with Gasteiger partial charge in [0.25, 0.3) is 5.91 Å². The van der Waals surface area contributed by atoms with Crippen molar-refractivity contribution < 1.29 is 14.3 Å². The van der Waals surface area contributed by atoms with E-state index in [0.717, 1.165) is 5.39 Å². The fourth-order valence-electron chi connectivity index (χ4n) is 1.50. The standard InChI is InChI=1S/C12H13NO3/c1-8(6-14)13-12(15)10-7-16-11-5-3-2-4-9(10)11/h2-5,7-8,14H,6H2,1H3,(H,13,15). The first-order valence-electron chi connectivity index (χ1n) is 5.10. The number of carbonyl (C=O) groups excluding carboxylic acids is 1. The summed E-state index contributed by atoms with van der Waals surface area (Å²) in [6.45, 7) is 1.65. The molecule has 84 valence electrons. The number of amides is 1. The Bertz CT molecular complexity index is 504. The number of hydrogen-bond acceptors (Lipinski definition) is 3. The van der Waals surface area contributed by atoms with Gasteiger partial charge in [-0.2, -0.15) is 0 Å². The summed E-state index contributed by atoms with van der Waals surface area (Å²) in [5.41, 5.74) is 1.18. The van der Waals surface area contributed by atoms with E-state index in [0.29, 0.717) is 11.1 Å². The second-order valence-corrected chi connectivity index (χ2v) is 3.70. The van der Waals surface area contributed by atoms with Crippen LogP contribution < -0.4 is 5.32 Å². The SMILES string of the molecule is CC(CO)NC(=O)c1coc2ccccc12. The lowest BCUT2D eigenvalue weighted by atomic mass is 10.1. The Morgan fingerprint density at radius 3 is 3.00 bits per heavy atom. The van der Waals surface area contributed by atoms with Crippen molar-refractivity contribution in [3.63, 3.8) is 0 Å². The maximum Gasteiger partial charge on any atom is 0.255 e. The first kappa shape index (κ1) is 10.7. The van der Waals surface area contributed by atoms with Crippen LogP contribution in [0.15, 0.2) is 34.9 Å². The highest BCUT2D eigenvalue weighted by atomic mass is 16.3. The highest BCUT2D eigenvalue weighted by molar-refractivity contribution is 6.05. The summed E-state index contributed by atoms with van der Waals surface area (Å²) in [5, 5.41) is 12.3. The van der Waals surface area contributed by atoms with Crippen molar-refractivity contribution >= 4 is 16.9 Å². The van der Waals surface area contributed by atoms with E-state index in [1.807, 2.05) is 24.3 Å². The molecule has 4 heteroatoms. The molecule has 0 bridgehead atoms. The predicted molar refractivity (Wildman–Crippen MR) is 60.2 cm³/mol. The molecular formula is C12H13NO3. The number of furan rings is 1. The second kappa shape index (κ2) is 4.37. The Labute approximate surface area is 92.9 Å². The Kier molecular flexibility index (Phi) is 2.92. The van der Waals surface area contributed by atoms with E-state index < -0.39 is 0 Å². The molecule has 2 rings (SSSR count). The summed E-state index contributed by atoms with van der Waals surface area (Å²) in [5.74, 6) is -0.230. The van der Waals surface area contributed by atoms with Crippen LogP contribution in [0.4, 0.5) is 0 Å². The van der Waals surface area contributed by atoms with Gasteiger partial charge in [0.1, 0.15) is 11.8 Å². The summed E-state index contributed by atoms with van der Waals surface area (Å²) in [6.07, 6.45) is 1.43. The number of nitrogens with one attached hydrogen (secondary N) is 1. The molecule has 1 atom stereocenters. The van der Waals surface area contributed by atoms with E-state index in [1.54, 1.807) is 6.92 Å². The summed E-state index contributed by atoms with van der Waals surface area (Å²) < 4.78 is 5.26. The van der Waals surface area contributed by atoms with Crippen molar-refractivity contribution in [2.45, 2.75) is 13.0 Å². The van der Waals surface area contributed by atoms with Gasteiger partial charge in [0.15, 0.2) is 0 Å². The van der Waals surface area contributed by atoms with Crippen LogP contribution in [0, 0.1) is 0 Å². The number of aliphatic hydroxyl groups excluding tert-OH is 1. The molecule has 1 aromatic heterocycles. The fraction of sp³-hybridized carbons (Fsp3) is 0.250. The zero-order chi connectivity index (χ0) is 11.5. The van der Waals surface area contributed by atoms with Gasteiger partial charge in [-0.05, 0) is 13.0 Å². The molecule has 4 nitrogen and oxygen atoms in total. The van der Waals surface area contributed by atoms with Crippen molar-refractivity contribution in [2.75, 3.05) is 6.61 Å². The summed E-state index contributed by atoms with van der Waals surface area (Å²) >= 11 is 0. The lowest BCUT2D eigenvalue weighted by Crippen LogP contribution is -2.34. The van der Waals surface area contributed by atoms with Crippen LogP contribution in [0.3, 0.4) is 0 Å². The second-order valence-electron chi connectivity index (χ2n) is 3.70. The third-order valence-corrected chi connectivity index (χ3v) is 2.38. The molecule has 0 spiro atoms. The first-order chi connectivity index (χ1) is 7.72.